The lowest BCUT2D eigenvalue weighted by atomic mass is 10.2. The number of carbonyl (C=O) groups excluding carboxylic acids is 1. The minimum atomic E-state index is -0.443. The Hall–Kier alpha value is -0.820. The lowest BCUT2D eigenvalue weighted by molar-refractivity contribution is -0.00000854. The van der Waals surface area contributed by atoms with E-state index < -0.39 is 6.09 Å². The second-order valence-corrected chi connectivity index (χ2v) is 4.60. The molecular formula is C12H19IN2O2. The molecule has 0 atom stereocenters. The third-order valence-corrected chi connectivity index (χ3v) is 2.34. The van der Waals surface area contributed by atoms with E-state index >= 15 is 0 Å². The molecule has 0 aliphatic heterocycles. The van der Waals surface area contributed by atoms with Crippen LogP contribution in [-0.2, 0) is 0 Å². The maximum Gasteiger partial charge on any atom is 0.412 e. The van der Waals surface area contributed by atoms with Gasteiger partial charge in [-0.25, -0.2) is 4.79 Å². The van der Waals surface area contributed by atoms with Gasteiger partial charge in [-0.05, 0) is 18.6 Å². The Bertz CT molecular complexity index is 400. The summed E-state index contributed by atoms with van der Waals surface area (Å²) in [5, 5.41) is 2.42. The normalized spacial score (nSPS) is 10.4. The number of halogens is 1. The zero-order valence-electron chi connectivity index (χ0n) is 10.9. The molecule has 1 rings (SSSR count). The standard InChI is InChI=1S/C12H18N2O2.HI/c1-9-8-10(14(3,4)5)6-7-11(9)16-12(15)13-2;/h6-8H,1-5H3;1H. The quantitative estimate of drug-likeness (QED) is 0.544. The van der Waals surface area contributed by atoms with Crippen molar-refractivity contribution >= 4 is 11.8 Å². The summed E-state index contributed by atoms with van der Waals surface area (Å²) in [5.41, 5.74) is 2.12. The molecule has 96 valence electrons. The van der Waals surface area contributed by atoms with Gasteiger partial charge in [0.2, 0.25) is 0 Å². The SMILES string of the molecule is CNC(=O)Oc1ccc([N+](C)(C)C)cc1C.[I-]. The molecule has 1 aromatic rings. The van der Waals surface area contributed by atoms with Crippen LogP contribution in [0.5, 0.6) is 5.75 Å². The number of hydrogen-bond donors (Lipinski definition) is 1. The van der Waals surface area contributed by atoms with E-state index in [0.29, 0.717) is 5.75 Å². The van der Waals surface area contributed by atoms with Gasteiger partial charge in [-0.2, -0.15) is 0 Å². The van der Waals surface area contributed by atoms with Crippen molar-refractivity contribution in [2.24, 2.45) is 0 Å². The summed E-state index contributed by atoms with van der Waals surface area (Å²) in [6, 6.07) is 5.81. The molecule has 1 amide bonds. The van der Waals surface area contributed by atoms with Crippen LogP contribution in [0.3, 0.4) is 0 Å². The molecule has 4 nitrogen and oxygen atoms in total. The van der Waals surface area contributed by atoms with Crippen molar-refractivity contribution in [1.82, 2.24) is 9.80 Å². The summed E-state index contributed by atoms with van der Waals surface area (Å²) >= 11 is 0. The van der Waals surface area contributed by atoms with Crippen LogP contribution in [0.25, 0.3) is 0 Å². The van der Waals surface area contributed by atoms with Gasteiger partial charge in [0.05, 0.1) is 21.1 Å². The highest BCUT2D eigenvalue weighted by Gasteiger charge is 2.14. The van der Waals surface area contributed by atoms with Crippen molar-refractivity contribution in [2.45, 2.75) is 6.92 Å². The van der Waals surface area contributed by atoms with Gasteiger partial charge in [0.1, 0.15) is 11.4 Å². The molecule has 0 aliphatic rings. The predicted octanol–water partition coefficient (Wildman–Crippen LogP) is -1.09. The van der Waals surface area contributed by atoms with E-state index in [1.165, 1.54) is 12.7 Å². The van der Waals surface area contributed by atoms with Crippen molar-refractivity contribution in [1.29, 1.82) is 0 Å². The molecule has 0 radical (unpaired) electrons. The van der Waals surface area contributed by atoms with E-state index in [4.69, 9.17) is 4.74 Å². The molecule has 0 bridgehead atoms. The average molecular weight is 350 g/mol. The number of rotatable bonds is 2. The first kappa shape index (κ1) is 16.2. The lowest BCUT2D eigenvalue weighted by Crippen LogP contribution is -3.00. The van der Waals surface area contributed by atoms with Crippen LogP contribution in [-0.4, -0.2) is 34.3 Å². The summed E-state index contributed by atoms with van der Waals surface area (Å²) in [7, 11) is 7.81. The van der Waals surface area contributed by atoms with Crippen LogP contribution in [0, 0.1) is 6.92 Å². The minimum Gasteiger partial charge on any atom is -1.00 e. The third-order valence-electron chi connectivity index (χ3n) is 2.34. The van der Waals surface area contributed by atoms with Gasteiger partial charge in [-0.1, -0.05) is 0 Å². The number of ether oxygens (including phenoxy) is 1. The molecule has 0 aliphatic carbocycles. The van der Waals surface area contributed by atoms with E-state index in [1.54, 1.807) is 0 Å². The Morgan fingerprint density at radius 1 is 1.29 bits per heavy atom. The zero-order valence-corrected chi connectivity index (χ0v) is 13.0. The number of carbonyl (C=O) groups is 1. The number of nitrogens with one attached hydrogen (secondary N) is 1. The minimum absolute atomic E-state index is 0. The van der Waals surface area contributed by atoms with Crippen LogP contribution < -0.4 is 38.5 Å². The molecule has 0 saturated heterocycles. The predicted molar refractivity (Wildman–Crippen MR) is 65.8 cm³/mol. The van der Waals surface area contributed by atoms with Crippen LogP contribution in [0.4, 0.5) is 10.5 Å². The van der Waals surface area contributed by atoms with Crippen LogP contribution in [0.1, 0.15) is 5.56 Å². The zero-order chi connectivity index (χ0) is 12.3. The van der Waals surface area contributed by atoms with Crippen LogP contribution in [0.2, 0.25) is 0 Å². The summed E-state index contributed by atoms with van der Waals surface area (Å²) in [4.78, 5) is 11.1. The fraction of sp³-hybridized carbons (Fsp3) is 0.417. The number of benzene rings is 1. The molecule has 1 aromatic carbocycles. The largest absolute Gasteiger partial charge is 1.00 e. The molecule has 0 fully saturated rings. The Kier molecular flexibility index (Phi) is 5.91. The molecule has 5 heteroatoms. The molecular weight excluding hydrogens is 331 g/mol. The average Bonchev–Trinajstić information content (AvgIpc) is 2.19. The number of hydrogen-bond acceptors (Lipinski definition) is 2. The van der Waals surface area contributed by atoms with E-state index in [0.717, 1.165) is 10.0 Å². The fourth-order valence-electron chi connectivity index (χ4n) is 1.32. The van der Waals surface area contributed by atoms with Gasteiger partial charge < -0.3 is 34.0 Å². The summed E-state index contributed by atoms with van der Waals surface area (Å²) < 4.78 is 5.84. The molecule has 1 N–H and O–H groups in total. The highest BCUT2D eigenvalue weighted by molar-refractivity contribution is 5.70. The first-order valence-electron chi connectivity index (χ1n) is 5.17. The first-order chi connectivity index (χ1) is 7.34. The first-order valence-corrected chi connectivity index (χ1v) is 5.17. The van der Waals surface area contributed by atoms with Crippen LogP contribution >= 0.6 is 0 Å². The summed E-state index contributed by atoms with van der Waals surface area (Å²) in [5.74, 6) is 0.594. The highest BCUT2D eigenvalue weighted by Crippen LogP contribution is 2.25. The number of amides is 1. The monoisotopic (exact) mass is 350 g/mol. The highest BCUT2D eigenvalue weighted by atomic mass is 127. The topological polar surface area (TPSA) is 38.3 Å². The molecule has 0 saturated carbocycles. The van der Waals surface area contributed by atoms with E-state index in [-0.39, 0.29) is 24.0 Å². The van der Waals surface area contributed by atoms with Crippen molar-refractivity contribution in [3.05, 3.63) is 23.8 Å². The van der Waals surface area contributed by atoms with Crippen molar-refractivity contribution in [2.75, 3.05) is 28.2 Å². The summed E-state index contributed by atoms with van der Waals surface area (Å²) in [6.45, 7) is 1.93. The smallest absolute Gasteiger partial charge is 0.412 e. The second-order valence-electron chi connectivity index (χ2n) is 4.60. The Balaban J connectivity index is 0.00000256. The van der Waals surface area contributed by atoms with Gasteiger partial charge in [0.25, 0.3) is 0 Å². The van der Waals surface area contributed by atoms with Gasteiger partial charge in [0, 0.05) is 19.2 Å². The lowest BCUT2D eigenvalue weighted by Gasteiger charge is -2.24. The van der Waals surface area contributed by atoms with E-state index in [2.05, 4.69) is 26.5 Å². The van der Waals surface area contributed by atoms with Gasteiger partial charge in [-0.3, -0.25) is 4.48 Å². The van der Waals surface area contributed by atoms with Gasteiger partial charge >= 0.3 is 6.09 Å². The number of aryl methyl sites for hydroxylation is 1. The number of nitrogens with zero attached hydrogens (tertiary/aromatic N) is 1. The Labute approximate surface area is 120 Å². The van der Waals surface area contributed by atoms with Gasteiger partial charge in [-0.15, -0.1) is 0 Å². The van der Waals surface area contributed by atoms with Crippen molar-refractivity contribution < 1.29 is 33.5 Å². The molecule has 0 aromatic heterocycles. The molecule has 17 heavy (non-hydrogen) atoms. The Morgan fingerprint density at radius 2 is 1.88 bits per heavy atom. The maximum absolute atomic E-state index is 11.1. The van der Waals surface area contributed by atoms with Crippen molar-refractivity contribution in [3.63, 3.8) is 0 Å². The van der Waals surface area contributed by atoms with E-state index in [9.17, 15) is 4.79 Å². The molecule has 0 heterocycles. The number of quaternary nitrogens is 1. The van der Waals surface area contributed by atoms with Crippen LogP contribution in [0.15, 0.2) is 18.2 Å². The molecule has 0 spiro atoms. The Morgan fingerprint density at radius 3 is 2.29 bits per heavy atom. The fourth-order valence-corrected chi connectivity index (χ4v) is 1.32. The van der Waals surface area contributed by atoms with Crippen molar-refractivity contribution in [3.8, 4) is 5.75 Å². The molecule has 0 unspecified atom stereocenters. The second kappa shape index (κ2) is 6.20. The van der Waals surface area contributed by atoms with E-state index in [1.807, 2.05) is 25.1 Å². The summed E-state index contributed by atoms with van der Waals surface area (Å²) in [6.07, 6.45) is -0.443. The third kappa shape index (κ3) is 4.51. The van der Waals surface area contributed by atoms with Gasteiger partial charge in [0.15, 0.2) is 0 Å². The maximum atomic E-state index is 11.1.